The topological polar surface area (TPSA) is 184 Å². The van der Waals surface area contributed by atoms with Crippen molar-refractivity contribution >= 4 is 24.0 Å². The van der Waals surface area contributed by atoms with E-state index in [2.05, 4.69) is 66.0 Å². The number of H-pyrrole nitrogens is 2. The molecule has 318 valence electrons. The van der Waals surface area contributed by atoms with Crippen LogP contribution in [0, 0.1) is 5.92 Å². The summed E-state index contributed by atoms with van der Waals surface area (Å²) in [6, 6.07) is 15.6. The van der Waals surface area contributed by atoms with E-state index in [1.54, 1.807) is 36.4 Å². The molecule has 0 spiro atoms. The maximum absolute atomic E-state index is 13.6. The monoisotopic (exact) mass is 804 g/mol. The van der Waals surface area contributed by atoms with Gasteiger partial charge in [-0.1, -0.05) is 103 Å². The van der Waals surface area contributed by atoms with E-state index < -0.39 is 18.2 Å². The third-order valence-corrected chi connectivity index (χ3v) is 8.82. The van der Waals surface area contributed by atoms with Crippen molar-refractivity contribution < 1.29 is 33.4 Å². The molecule has 2 aromatic heterocycles. The average molecular weight is 805 g/mol. The summed E-state index contributed by atoms with van der Waals surface area (Å²) in [5.74, 6) is 0.841. The van der Waals surface area contributed by atoms with Crippen LogP contribution in [0.1, 0.15) is 78.9 Å². The van der Waals surface area contributed by atoms with Gasteiger partial charge < -0.3 is 44.6 Å². The second-order valence-electron chi connectivity index (χ2n) is 13.7. The molecule has 15 heteroatoms. The van der Waals surface area contributed by atoms with E-state index in [-0.39, 0.29) is 30.8 Å². The number of rotatable bonds is 17. The molecule has 0 aliphatic carbocycles. The lowest BCUT2D eigenvalue weighted by atomic mass is 9.98. The van der Waals surface area contributed by atoms with Crippen LogP contribution < -0.4 is 10.6 Å². The zero-order chi connectivity index (χ0) is 43.0. The van der Waals surface area contributed by atoms with Crippen molar-refractivity contribution in [2.45, 2.75) is 86.4 Å². The first-order chi connectivity index (χ1) is 27.9. The van der Waals surface area contributed by atoms with Crippen LogP contribution >= 0.6 is 0 Å². The lowest BCUT2D eigenvalue weighted by Crippen LogP contribution is -2.51. The Morgan fingerprint density at radius 2 is 1.09 bits per heavy atom. The molecule has 4 amide bonds. The molecule has 4 rings (SSSR count). The minimum Gasteiger partial charge on any atom is -0.453 e. The maximum Gasteiger partial charge on any atom is 0.407 e. The Bertz CT molecular complexity index is 1810. The number of amides is 4. The molecule has 4 N–H and O–H groups in total. The maximum atomic E-state index is 13.6. The summed E-state index contributed by atoms with van der Waals surface area (Å²) in [6.45, 7) is 13.6. The number of methoxy groups -OCH3 is 3. The second-order valence-corrected chi connectivity index (χ2v) is 13.7. The van der Waals surface area contributed by atoms with Gasteiger partial charge in [-0.25, -0.2) is 19.6 Å². The predicted molar refractivity (Wildman–Crippen MR) is 227 cm³/mol. The van der Waals surface area contributed by atoms with Crippen LogP contribution in [-0.2, 0) is 36.9 Å². The Hall–Kier alpha value is -5.70. The molecule has 0 saturated heterocycles. The van der Waals surface area contributed by atoms with Gasteiger partial charge in [0.1, 0.15) is 24.2 Å². The first-order valence-corrected chi connectivity index (χ1v) is 19.8. The standard InChI is InChI=1S/C38H50N8O6.C3H8.C2H6O/c1-7-18-45(34(47)22-41-37(49)51-5)23-32-39-20-30(42-32)28-14-10-26(11-15-28)27-12-16-29(17-13-27)31-21-40-33(43-31)24-46(19-8-2)36(48)35(25(4)9-3)44-38(50)52-6;2*1-3-2/h10-17,20-21,25,35H,7-9,18-19,22-24H2,1-6H3,(H,39,42)(H,40,43)(H,41,49)(H,44,50);3H2,1-2H3;1-2H3. The minimum absolute atomic E-state index is 0.0682. The molecule has 2 heterocycles. The van der Waals surface area contributed by atoms with Crippen molar-refractivity contribution in [2.75, 3.05) is 48.1 Å². The van der Waals surface area contributed by atoms with E-state index in [1.807, 2.05) is 64.1 Å². The number of carbonyl (C=O) groups excluding carboxylic acids is 4. The molecule has 0 radical (unpaired) electrons. The molecule has 0 aliphatic heterocycles. The summed E-state index contributed by atoms with van der Waals surface area (Å²) in [5, 5.41) is 5.15. The molecule has 58 heavy (non-hydrogen) atoms. The second kappa shape index (κ2) is 26.3. The highest BCUT2D eigenvalue weighted by Gasteiger charge is 2.30. The van der Waals surface area contributed by atoms with E-state index in [0.717, 1.165) is 52.9 Å². The van der Waals surface area contributed by atoms with Gasteiger partial charge in [0.2, 0.25) is 11.8 Å². The number of hydrogen-bond acceptors (Lipinski definition) is 9. The zero-order valence-corrected chi connectivity index (χ0v) is 35.9. The van der Waals surface area contributed by atoms with Gasteiger partial charge in [-0.15, -0.1) is 0 Å². The molecule has 0 bridgehead atoms. The SMILES string of the molecule is CCC.CCCN(Cc1ncc(-c2ccc(-c3ccc(-c4cnc(CN(CCC)C(=O)C(NC(=O)OC)C(C)CC)[nH]4)cc3)cc2)[nH]1)C(=O)CNC(=O)OC.COC. The van der Waals surface area contributed by atoms with Gasteiger partial charge in [0.25, 0.3) is 0 Å². The van der Waals surface area contributed by atoms with E-state index in [4.69, 9.17) is 4.74 Å². The van der Waals surface area contributed by atoms with Gasteiger partial charge in [-0.2, -0.15) is 0 Å². The lowest BCUT2D eigenvalue weighted by molar-refractivity contribution is -0.135. The van der Waals surface area contributed by atoms with Gasteiger partial charge in [-0.3, -0.25) is 9.59 Å². The Labute approximate surface area is 343 Å². The molecule has 2 atom stereocenters. The molecular formula is C43H64N8O7. The molecule has 0 saturated carbocycles. The van der Waals surface area contributed by atoms with Crippen molar-refractivity contribution in [3.8, 4) is 33.6 Å². The minimum atomic E-state index is -0.695. The Balaban J connectivity index is 0.00000182. The number of hydrogen-bond donors (Lipinski definition) is 4. The van der Waals surface area contributed by atoms with Gasteiger partial charge in [-0.05, 0) is 41.0 Å². The van der Waals surface area contributed by atoms with Gasteiger partial charge in [0.05, 0.1) is 51.1 Å². The van der Waals surface area contributed by atoms with E-state index in [9.17, 15) is 19.2 Å². The van der Waals surface area contributed by atoms with E-state index in [0.29, 0.717) is 31.3 Å². The number of nitrogens with one attached hydrogen (secondary N) is 4. The molecule has 15 nitrogen and oxygen atoms in total. The first-order valence-electron chi connectivity index (χ1n) is 19.8. The van der Waals surface area contributed by atoms with Gasteiger partial charge in [0.15, 0.2) is 0 Å². The predicted octanol–water partition coefficient (Wildman–Crippen LogP) is 7.42. The molecule has 0 aliphatic rings. The number of alkyl carbamates (subject to hydrolysis) is 2. The number of aromatic nitrogens is 4. The van der Waals surface area contributed by atoms with Crippen molar-refractivity contribution in [1.82, 2.24) is 40.4 Å². The highest BCUT2D eigenvalue weighted by molar-refractivity contribution is 5.86. The number of benzene rings is 2. The fourth-order valence-corrected chi connectivity index (χ4v) is 5.72. The van der Waals surface area contributed by atoms with Crippen LogP contribution in [-0.4, -0.2) is 108 Å². The summed E-state index contributed by atoms with van der Waals surface area (Å²) in [4.78, 5) is 68.7. The number of ether oxygens (including phenoxy) is 3. The van der Waals surface area contributed by atoms with E-state index >= 15 is 0 Å². The Morgan fingerprint density at radius 1 is 0.672 bits per heavy atom. The van der Waals surface area contributed by atoms with Crippen molar-refractivity contribution in [3.05, 3.63) is 72.6 Å². The lowest BCUT2D eigenvalue weighted by Gasteiger charge is -2.29. The molecule has 2 aromatic carbocycles. The van der Waals surface area contributed by atoms with Crippen molar-refractivity contribution in [2.24, 2.45) is 5.92 Å². The average Bonchev–Trinajstić information content (AvgIpc) is 3.91. The first kappa shape index (κ1) is 48.4. The number of carbonyl (C=O) groups is 4. The third-order valence-electron chi connectivity index (χ3n) is 8.82. The van der Waals surface area contributed by atoms with Crippen LogP contribution in [0.2, 0.25) is 0 Å². The van der Waals surface area contributed by atoms with Crippen LogP contribution in [0.5, 0.6) is 0 Å². The van der Waals surface area contributed by atoms with Crippen LogP contribution in [0.4, 0.5) is 9.59 Å². The molecule has 4 aromatic rings. The number of nitrogens with zero attached hydrogens (tertiary/aromatic N) is 4. The Morgan fingerprint density at radius 3 is 1.50 bits per heavy atom. The zero-order valence-electron chi connectivity index (χ0n) is 35.9. The summed E-state index contributed by atoms with van der Waals surface area (Å²) in [7, 11) is 5.79. The number of imidazole rings is 2. The van der Waals surface area contributed by atoms with Crippen LogP contribution in [0.3, 0.4) is 0 Å². The van der Waals surface area contributed by atoms with E-state index in [1.165, 1.54) is 20.6 Å². The third kappa shape index (κ3) is 15.3. The smallest absolute Gasteiger partial charge is 0.407 e. The highest BCUT2D eigenvalue weighted by Crippen LogP contribution is 2.27. The summed E-state index contributed by atoms with van der Waals surface area (Å²) < 4.78 is 13.6. The fourth-order valence-electron chi connectivity index (χ4n) is 5.72. The summed E-state index contributed by atoms with van der Waals surface area (Å²) in [5.41, 5.74) is 5.67. The quantitative estimate of drug-likeness (QED) is 0.0844. The molecule has 2 unspecified atom stereocenters. The molecular weight excluding hydrogens is 741 g/mol. The van der Waals surface area contributed by atoms with Crippen molar-refractivity contribution in [3.63, 3.8) is 0 Å². The summed E-state index contributed by atoms with van der Waals surface area (Å²) >= 11 is 0. The van der Waals surface area contributed by atoms with Gasteiger partial charge >= 0.3 is 12.2 Å². The van der Waals surface area contributed by atoms with Crippen molar-refractivity contribution in [1.29, 1.82) is 0 Å². The highest BCUT2D eigenvalue weighted by atomic mass is 16.5. The van der Waals surface area contributed by atoms with Crippen LogP contribution in [0.15, 0.2) is 60.9 Å². The summed E-state index contributed by atoms with van der Waals surface area (Å²) in [6.07, 6.45) is 5.73. The Kier molecular flexibility index (Phi) is 21.9. The van der Waals surface area contributed by atoms with Gasteiger partial charge in [0, 0.05) is 27.3 Å². The fraction of sp³-hybridized carbons (Fsp3) is 0.488. The number of aromatic amines is 2. The normalized spacial score (nSPS) is 11.4. The van der Waals surface area contributed by atoms with Crippen LogP contribution in [0.25, 0.3) is 33.6 Å². The molecule has 0 fully saturated rings. The largest absolute Gasteiger partial charge is 0.453 e.